The number of halogens is 3. The first kappa shape index (κ1) is 14.2. The second-order valence-corrected chi connectivity index (χ2v) is 5.31. The Morgan fingerprint density at radius 3 is 2.68 bits per heavy atom. The Balaban J connectivity index is 2.04. The van der Waals surface area contributed by atoms with Crippen LogP contribution in [0.1, 0.15) is 24.1 Å². The first-order valence-electron chi connectivity index (χ1n) is 5.99. The summed E-state index contributed by atoms with van der Waals surface area (Å²) in [5.74, 6) is -0.512. The number of benzene rings is 2. The topological polar surface area (TPSA) is 12.0 Å². The minimum atomic E-state index is -0.264. The lowest BCUT2D eigenvalue weighted by atomic mass is 10.1. The van der Waals surface area contributed by atoms with Gasteiger partial charge in [0.05, 0.1) is 0 Å². The van der Waals surface area contributed by atoms with Crippen molar-refractivity contribution in [2.75, 3.05) is 0 Å². The Labute approximate surface area is 119 Å². The molecular weight excluding hydrogens is 312 g/mol. The Kier molecular flexibility index (Phi) is 4.66. The fourth-order valence-electron chi connectivity index (χ4n) is 1.84. The Hall–Kier alpha value is -1.26. The molecule has 100 valence electrons. The van der Waals surface area contributed by atoms with Crippen LogP contribution in [-0.4, -0.2) is 0 Å². The molecule has 1 nitrogen and oxygen atoms in total. The molecule has 1 unspecified atom stereocenters. The summed E-state index contributed by atoms with van der Waals surface area (Å²) >= 11 is 3.31. The molecule has 0 aliphatic rings. The predicted octanol–water partition coefficient (Wildman–Crippen LogP) is 4.58. The molecule has 0 saturated carbocycles. The summed E-state index contributed by atoms with van der Waals surface area (Å²) in [6.07, 6.45) is 0. The third-order valence-corrected chi connectivity index (χ3v) is 3.45. The summed E-state index contributed by atoms with van der Waals surface area (Å²) in [7, 11) is 0. The second kappa shape index (κ2) is 6.26. The smallest absolute Gasteiger partial charge is 0.127 e. The van der Waals surface area contributed by atoms with Gasteiger partial charge in [-0.05, 0) is 42.8 Å². The molecule has 0 heterocycles. The van der Waals surface area contributed by atoms with Crippen LogP contribution in [0.5, 0.6) is 0 Å². The summed E-state index contributed by atoms with van der Waals surface area (Å²) in [4.78, 5) is 0. The van der Waals surface area contributed by atoms with Crippen LogP contribution in [0.4, 0.5) is 8.78 Å². The first-order valence-corrected chi connectivity index (χ1v) is 6.78. The van der Waals surface area contributed by atoms with Gasteiger partial charge >= 0.3 is 0 Å². The first-order chi connectivity index (χ1) is 9.06. The van der Waals surface area contributed by atoms with E-state index < -0.39 is 0 Å². The van der Waals surface area contributed by atoms with E-state index in [1.807, 2.05) is 13.0 Å². The molecule has 19 heavy (non-hydrogen) atoms. The molecule has 1 atom stereocenters. The molecular formula is C15H14BrF2N. The van der Waals surface area contributed by atoms with E-state index in [2.05, 4.69) is 21.2 Å². The van der Waals surface area contributed by atoms with Crippen LogP contribution in [0.2, 0.25) is 0 Å². The van der Waals surface area contributed by atoms with Gasteiger partial charge in [-0.1, -0.05) is 28.1 Å². The van der Waals surface area contributed by atoms with Gasteiger partial charge in [0.15, 0.2) is 0 Å². The van der Waals surface area contributed by atoms with E-state index in [4.69, 9.17) is 0 Å². The van der Waals surface area contributed by atoms with Gasteiger partial charge in [0, 0.05) is 22.6 Å². The van der Waals surface area contributed by atoms with Crippen LogP contribution in [0.3, 0.4) is 0 Å². The van der Waals surface area contributed by atoms with Crippen molar-refractivity contribution in [1.29, 1.82) is 0 Å². The molecule has 0 aromatic heterocycles. The van der Waals surface area contributed by atoms with Gasteiger partial charge in [-0.25, -0.2) is 8.78 Å². The molecule has 0 radical (unpaired) electrons. The lowest BCUT2D eigenvalue weighted by Gasteiger charge is -2.15. The maximum absolute atomic E-state index is 13.6. The number of hydrogen-bond donors (Lipinski definition) is 1. The largest absolute Gasteiger partial charge is 0.306 e. The van der Waals surface area contributed by atoms with Crippen LogP contribution in [0, 0.1) is 11.6 Å². The van der Waals surface area contributed by atoms with E-state index in [-0.39, 0.29) is 17.7 Å². The number of rotatable bonds is 4. The lowest BCUT2D eigenvalue weighted by Crippen LogP contribution is -2.18. The zero-order chi connectivity index (χ0) is 13.8. The summed E-state index contributed by atoms with van der Waals surface area (Å²) < 4.78 is 27.5. The average molecular weight is 326 g/mol. The van der Waals surface area contributed by atoms with Gasteiger partial charge in [0.2, 0.25) is 0 Å². The Morgan fingerprint density at radius 2 is 1.95 bits per heavy atom. The molecule has 0 aliphatic heterocycles. The van der Waals surface area contributed by atoms with E-state index in [1.54, 1.807) is 18.2 Å². The molecule has 0 amide bonds. The van der Waals surface area contributed by atoms with Gasteiger partial charge in [-0.15, -0.1) is 0 Å². The van der Waals surface area contributed by atoms with Crippen LogP contribution in [-0.2, 0) is 6.54 Å². The average Bonchev–Trinajstić information content (AvgIpc) is 2.39. The SMILES string of the molecule is CC(NCc1cc(Br)ccc1F)c1cccc(F)c1. The highest BCUT2D eigenvalue weighted by molar-refractivity contribution is 9.10. The highest BCUT2D eigenvalue weighted by atomic mass is 79.9. The second-order valence-electron chi connectivity index (χ2n) is 4.39. The summed E-state index contributed by atoms with van der Waals surface area (Å²) in [5, 5.41) is 3.18. The standard InChI is InChI=1S/C15H14BrF2N/c1-10(11-3-2-4-14(17)8-11)19-9-12-7-13(16)5-6-15(12)18/h2-8,10,19H,9H2,1H3. The highest BCUT2D eigenvalue weighted by Crippen LogP contribution is 2.18. The summed E-state index contributed by atoms with van der Waals surface area (Å²) in [6, 6.07) is 11.2. The van der Waals surface area contributed by atoms with E-state index in [1.165, 1.54) is 18.2 Å². The van der Waals surface area contributed by atoms with Crippen molar-refractivity contribution in [3.8, 4) is 0 Å². The minimum Gasteiger partial charge on any atom is -0.306 e. The molecule has 0 saturated heterocycles. The van der Waals surface area contributed by atoms with Gasteiger partial charge in [-0.2, -0.15) is 0 Å². The summed E-state index contributed by atoms with van der Waals surface area (Å²) in [6.45, 7) is 2.31. The molecule has 0 spiro atoms. The molecule has 1 N–H and O–H groups in total. The zero-order valence-electron chi connectivity index (χ0n) is 10.5. The maximum Gasteiger partial charge on any atom is 0.127 e. The quantitative estimate of drug-likeness (QED) is 0.867. The molecule has 2 rings (SSSR count). The normalized spacial score (nSPS) is 12.4. The molecule has 0 fully saturated rings. The van der Waals surface area contributed by atoms with Crippen molar-refractivity contribution in [3.05, 3.63) is 69.7 Å². The van der Waals surface area contributed by atoms with E-state index >= 15 is 0 Å². The van der Waals surface area contributed by atoms with E-state index in [0.29, 0.717) is 12.1 Å². The van der Waals surface area contributed by atoms with Crippen molar-refractivity contribution < 1.29 is 8.78 Å². The van der Waals surface area contributed by atoms with Crippen LogP contribution in [0.15, 0.2) is 46.9 Å². The summed E-state index contributed by atoms with van der Waals surface area (Å²) in [5.41, 5.74) is 1.42. The third kappa shape index (κ3) is 3.85. The molecule has 2 aromatic carbocycles. The zero-order valence-corrected chi connectivity index (χ0v) is 12.0. The van der Waals surface area contributed by atoms with E-state index in [9.17, 15) is 8.78 Å². The highest BCUT2D eigenvalue weighted by Gasteiger charge is 2.08. The number of nitrogens with one attached hydrogen (secondary N) is 1. The van der Waals surface area contributed by atoms with Gasteiger partial charge in [0.25, 0.3) is 0 Å². The van der Waals surface area contributed by atoms with Crippen molar-refractivity contribution in [3.63, 3.8) is 0 Å². The Morgan fingerprint density at radius 1 is 1.16 bits per heavy atom. The van der Waals surface area contributed by atoms with Gasteiger partial charge in [0.1, 0.15) is 11.6 Å². The fraction of sp³-hybridized carbons (Fsp3) is 0.200. The lowest BCUT2D eigenvalue weighted by molar-refractivity contribution is 0.539. The van der Waals surface area contributed by atoms with E-state index in [0.717, 1.165) is 10.0 Å². The third-order valence-electron chi connectivity index (χ3n) is 2.96. The predicted molar refractivity (Wildman–Crippen MR) is 75.8 cm³/mol. The Bertz CT molecular complexity index is 572. The monoisotopic (exact) mass is 325 g/mol. The number of hydrogen-bond acceptors (Lipinski definition) is 1. The molecule has 0 aliphatic carbocycles. The van der Waals surface area contributed by atoms with Gasteiger partial charge < -0.3 is 5.32 Å². The van der Waals surface area contributed by atoms with Crippen LogP contribution < -0.4 is 5.32 Å². The van der Waals surface area contributed by atoms with Crippen LogP contribution >= 0.6 is 15.9 Å². The minimum absolute atomic E-state index is 0.0471. The van der Waals surface area contributed by atoms with Crippen LogP contribution in [0.25, 0.3) is 0 Å². The molecule has 4 heteroatoms. The molecule has 2 aromatic rings. The van der Waals surface area contributed by atoms with Crippen molar-refractivity contribution in [1.82, 2.24) is 5.32 Å². The maximum atomic E-state index is 13.6. The van der Waals surface area contributed by atoms with Crippen molar-refractivity contribution >= 4 is 15.9 Å². The van der Waals surface area contributed by atoms with Gasteiger partial charge in [-0.3, -0.25) is 0 Å². The van der Waals surface area contributed by atoms with Crippen molar-refractivity contribution in [2.24, 2.45) is 0 Å². The fourth-order valence-corrected chi connectivity index (χ4v) is 2.24. The van der Waals surface area contributed by atoms with Crippen molar-refractivity contribution in [2.45, 2.75) is 19.5 Å². The molecule has 0 bridgehead atoms.